The molecule has 3 amide bonds. The maximum absolute atomic E-state index is 12.6. The van der Waals surface area contributed by atoms with Crippen LogP contribution in [0.15, 0.2) is 30.9 Å². The second kappa shape index (κ2) is 9.48. The number of allylic oxidation sites excluding steroid dienone is 1. The van der Waals surface area contributed by atoms with Gasteiger partial charge in [-0.15, -0.1) is 0 Å². The van der Waals surface area contributed by atoms with Crippen molar-refractivity contribution in [3.63, 3.8) is 0 Å². The number of hydrogen-bond donors (Lipinski definition) is 1. The Hall–Kier alpha value is -2.44. The molecule has 3 rings (SSSR count). The van der Waals surface area contributed by atoms with Crippen LogP contribution in [0.25, 0.3) is 0 Å². The highest BCUT2D eigenvalue weighted by atomic mass is 16.2. The fraction of sp³-hybridized carbons (Fsp3) is 0.600. The Morgan fingerprint density at radius 1 is 1.19 bits per heavy atom. The van der Waals surface area contributed by atoms with Crippen LogP contribution in [0.4, 0.5) is 4.79 Å². The Morgan fingerprint density at radius 2 is 2.00 bits per heavy atom. The maximum atomic E-state index is 12.6. The van der Waals surface area contributed by atoms with Crippen LogP contribution in [0.2, 0.25) is 0 Å². The van der Waals surface area contributed by atoms with Crippen LogP contribution in [0.3, 0.4) is 0 Å². The van der Waals surface area contributed by atoms with Gasteiger partial charge >= 0.3 is 6.03 Å². The standard InChI is InChI=1S/C20H29N5O2/c1-16(26)25(14-17-12-21-15-22-13-17)19-8-5-10-24(11-9-19)20(27)23-18-6-3-2-4-7-18/h3,6,12-13,15,18-19H,2,4-5,7-11,14H2,1H3,(H,23,27). The molecule has 0 bridgehead atoms. The Kier molecular flexibility index (Phi) is 6.79. The van der Waals surface area contributed by atoms with Gasteiger partial charge in [0.15, 0.2) is 0 Å². The zero-order chi connectivity index (χ0) is 19.1. The van der Waals surface area contributed by atoms with Crippen LogP contribution < -0.4 is 5.32 Å². The summed E-state index contributed by atoms with van der Waals surface area (Å²) < 4.78 is 0. The Morgan fingerprint density at radius 3 is 2.70 bits per heavy atom. The lowest BCUT2D eigenvalue weighted by Crippen LogP contribution is -2.45. The van der Waals surface area contributed by atoms with Crippen molar-refractivity contribution in [2.75, 3.05) is 13.1 Å². The molecule has 1 aliphatic carbocycles. The average molecular weight is 371 g/mol. The normalized spacial score (nSPS) is 22.8. The molecule has 0 saturated carbocycles. The molecule has 1 fully saturated rings. The van der Waals surface area contributed by atoms with Crippen LogP contribution in [0, 0.1) is 0 Å². The molecule has 27 heavy (non-hydrogen) atoms. The van der Waals surface area contributed by atoms with Crippen LogP contribution in [-0.2, 0) is 11.3 Å². The molecule has 0 radical (unpaired) electrons. The minimum atomic E-state index is 0.0121. The van der Waals surface area contributed by atoms with Gasteiger partial charge in [0.2, 0.25) is 5.91 Å². The molecule has 0 spiro atoms. The fourth-order valence-corrected chi connectivity index (χ4v) is 3.88. The summed E-state index contributed by atoms with van der Waals surface area (Å²) in [7, 11) is 0. The molecule has 1 aromatic rings. The molecule has 1 aliphatic heterocycles. The average Bonchev–Trinajstić information content (AvgIpc) is 2.93. The third-order valence-electron chi connectivity index (χ3n) is 5.36. The maximum Gasteiger partial charge on any atom is 0.317 e. The van der Waals surface area contributed by atoms with Gasteiger partial charge in [-0.1, -0.05) is 12.2 Å². The monoisotopic (exact) mass is 371 g/mol. The number of carbonyl (C=O) groups is 2. The van der Waals surface area contributed by atoms with Gasteiger partial charge < -0.3 is 15.1 Å². The number of aromatic nitrogens is 2. The molecule has 1 aromatic heterocycles. The van der Waals surface area contributed by atoms with Crippen LogP contribution in [0.5, 0.6) is 0 Å². The van der Waals surface area contributed by atoms with Crippen LogP contribution >= 0.6 is 0 Å². The molecule has 2 unspecified atom stereocenters. The first-order chi connectivity index (χ1) is 13.1. The van der Waals surface area contributed by atoms with Gasteiger partial charge in [-0.25, -0.2) is 14.8 Å². The second-order valence-electron chi connectivity index (χ2n) is 7.38. The van der Waals surface area contributed by atoms with Gasteiger partial charge in [-0.2, -0.15) is 0 Å². The minimum Gasteiger partial charge on any atom is -0.335 e. The third-order valence-corrected chi connectivity index (χ3v) is 5.36. The van der Waals surface area contributed by atoms with E-state index in [2.05, 4.69) is 27.4 Å². The quantitative estimate of drug-likeness (QED) is 0.825. The van der Waals surface area contributed by atoms with Gasteiger partial charge in [0.25, 0.3) is 0 Å². The first-order valence-electron chi connectivity index (χ1n) is 9.86. The van der Waals surface area contributed by atoms with E-state index in [1.165, 1.54) is 6.33 Å². The number of amides is 3. The van der Waals surface area contributed by atoms with Gasteiger partial charge in [0.05, 0.1) is 0 Å². The Labute approximate surface area is 160 Å². The van der Waals surface area contributed by atoms with Crippen molar-refractivity contribution in [1.82, 2.24) is 25.1 Å². The molecule has 2 atom stereocenters. The third kappa shape index (κ3) is 5.52. The number of rotatable bonds is 4. The van der Waals surface area contributed by atoms with E-state index >= 15 is 0 Å². The van der Waals surface area contributed by atoms with Gasteiger partial charge in [-0.3, -0.25) is 4.79 Å². The first-order valence-corrected chi connectivity index (χ1v) is 9.86. The summed E-state index contributed by atoms with van der Waals surface area (Å²) in [6.07, 6.45) is 15.1. The zero-order valence-electron chi connectivity index (χ0n) is 16.0. The summed E-state index contributed by atoms with van der Waals surface area (Å²) in [6, 6.07) is 0.296. The van der Waals surface area contributed by atoms with Crippen LogP contribution in [-0.4, -0.2) is 56.9 Å². The van der Waals surface area contributed by atoms with E-state index in [1.807, 2.05) is 9.80 Å². The van der Waals surface area contributed by atoms with Crippen molar-refractivity contribution in [1.29, 1.82) is 0 Å². The van der Waals surface area contributed by atoms with Gasteiger partial charge in [0.1, 0.15) is 6.33 Å². The van der Waals surface area contributed by atoms with Gasteiger partial charge in [0, 0.05) is 56.6 Å². The van der Waals surface area contributed by atoms with E-state index in [1.54, 1.807) is 19.3 Å². The van der Waals surface area contributed by atoms with E-state index in [0.29, 0.717) is 13.1 Å². The molecular formula is C20H29N5O2. The molecule has 146 valence electrons. The molecule has 7 heteroatoms. The zero-order valence-corrected chi connectivity index (χ0v) is 16.0. The highest BCUT2D eigenvalue weighted by molar-refractivity contribution is 5.75. The van der Waals surface area contributed by atoms with Crippen molar-refractivity contribution in [2.45, 2.75) is 64.1 Å². The van der Waals surface area contributed by atoms with E-state index in [-0.39, 0.29) is 24.0 Å². The summed E-state index contributed by atoms with van der Waals surface area (Å²) in [6.45, 7) is 3.52. The molecule has 1 N–H and O–H groups in total. The lowest BCUT2D eigenvalue weighted by Gasteiger charge is -2.30. The van der Waals surface area contributed by atoms with Crippen molar-refractivity contribution in [3.05, 3.63) is 36.4 Å². The highest BCUT2D eigenvalue weighted by Crippen LogP contribution is 2.20. The van der Waals surface area contributed by atoms with Crippen molar-refractivity contribution in [2.24, 2.45) is 0 Å². The Bertz CT molecular complexity index is 664. The number of likely N-dealkylation sites (tertiary alicyclic amines) is 1. The summed E-state index contributed by atoms with van der Waals surface area (Å²) in [5.41, 5.74) is 0.927. The smallest absolute Gasteiger partial charge is 0.317 e. The summed E-state index contributed by atoms with van der Waals surface area (Å²) >= 11 is 0. The van der Waals surface area contributed by atoms with Crippen molar-refractivity contribution < 1.29 is 9.59 Å². The number of nitrogens with one attached hydrogen (secondary N) is 1. The van der Waals surface area contributed by atoms with E-state index in [4.69, 9.17) is 0 Å². The van der Waals surface area contributed by atoms with Crippen molar-refractivity contribution >= 4 is 11.9 Å². The summed E-state index contributed by atoms with van der Waals surface area (Å²) in [4.78, 5) is 36.7. The lowest BCUT2D eigenvalue weighted by atomic mass is 10.0. The van der Waals surface area contributed by atoms with Gasteiger partial charge in [-0.05, 0) is 38.5 Å². The summed E-state index contributed by atoms with van der Waals surface area (Å²) in [5, 5.41) is 3.13. The number of hydrogen-bond acceptors (Lipinski definition) is 4. The predicted molar refractivity (Wildman–Crippen MR) is 103 cm³/mol. The van der Waals surface area contributed by atoms with Crippen LogP contribution in [0.1, 0.15) is 51.0 Å². The number of carbonyl (C=O) groups excluding carboxylic acids is 2. The van der Waals surface area contributed by atoms with Crippen molar-refractivity contribution in [3.8, 4) is 0 Å². The SMILES string of the molecule is CC(=O)N(Cc1cncnc1)C1CCCN(C(=O)NC2C=CCCC2)CC1. The largest absolute Gasteiger partial charge is 0.335 e. The minimum absolute atomic E-state index is 0.0121. The first kappa shape index (κ1) is 19.3. The second-order valence-corrected chi connectivity index (χ2v) is 7.38. The number of nitrogens with zero attached hydrogens (tertiary/aromatic N) is 4. The predicted octanol–water partition coefficient (Wildman–Crippen LogP) is 2.50. The number of urea groups is 1. The molecular weight excluding hydrogens is 342 g/mol. The topological polar surface area (TPSA) is 78.4 Å². The molecule has 2 heterocycles. The molecule has 2 aliphatic rings. The highest BCUT2D eigenvalue weighted by Gasteiger charge is 2.27. The lowest BCUT2D eigenvalue weighted by molar-refractivity contribution is -0.132. The van der Waals surface area contributed by atoms with E-state index < -0.39 is 0 Å². The van der Waals surface area contributed by atoms with E-state index in [9.17, 15) is 9.59 Å². The summed E-state index contributed by atoms with van der Waals surface area (Å²) in [5.74, 6) is 0.0501. The fourth-order valence-electron chi connectivity index (χ4n) is 3.88. The van der Waals surface area contributed by atoms with E-state index in [0.717, 1.165) is 50.6 Å². The molecule has 1 saturated heterocycles. The molecule has 0 aromatic carbocycles. The molecule has 7 nitrogen and oxygen atoms in total. The Balaban J connectivity index is 1.57.